The zero-order valence-electron chi connectivity index (χ0n) is 12.0. The number of hydrogen-bond acceptors (Lipinski definition) is 3. The van der Waals surface area contributed by atoms with E-state index in [1.54, 1.807) is 6.07 Å². The Bertz CT molecular complexity index is 561. The zero-order valence-corrected chi connectivity index (χ0v) is 12.0. The summed E-state index contributed by atoms with van der Waals surface area (Å²) in [6.45, 7) is 6.07. The number of carbonyl (C=O) groups excluding carboxylic acids is 1. The van der Waals surface area contributed by atoms with Gasteiger partial charge in [0.25, 0.3) is 5.56 Å². The lowest BCUT2D eigenvalue weighted by Gasteiger charge is -2.16. The molecular weight excluding hydrogens is 260 g/mol. The summed E-state index contributed by atoms with van der Waals surface area (Å²) in [7, 11) is 0. The first-order valence-corrected chi connectivity index (χ1v) is 6.62. The molecular formula is C14H20N2O4. The standard InChI is InChI=1S/C14H20N2O4/c1-4-7-15-12(17)8-16-11(9(2)3)6-5-10(13(16)18)14(19)20/h5-6,9H,4,7-8H2,1-3H3,(H,15,17)(H,19,20). The van der Waals surface area contributed by atoms with Crippen LogP contribution in [0.5, 0.6) is 0 Å². The molecule has 20 heavy (non-hydrogen) atoms. The quantitative estimate of drug-likeness (QED) is 0.819. The zero-order chi connectivity index (χ0) is 15.3. The van der Waals surface area contributed by atoms with Crippen LogP contribution >= 0.6 is 0 Å². The maximum Gasteiger partial charge on any atom is 0.341 e. The first kappa shape index (κ1) is 15.9. The number of carbonyl (C=O) groups is 2. The Balaban J connectivity index is 3.19. The summed E-state index contributed by atoms with van der Waals surface area (Å²) in [6, 6.07) is 2.88. The van der Waals surface area contributed by atoms with E-state index in [1.807, 2.05) is 20.8 Å². The van der Waals surface area contributed by atoms with E-state index in [1.165, 1.54) is 10.6 Å². The molecule has 1 aromatic heterocycles. The molecule has 0 saturated heterocycles. The van der Waals surface area contributed by atoms with Crippen molar-refractivity contribution in [2.75, 3.05) is 6.54 Å². The topological polar surface area (TPSA) is 88.4 Å². The average Bonchev–Trinajstić information content (AvgIpc) is 2.37. The van der Waals surface area contributed by atoms with Crippen LogP contribution < -0.4 is 10.9 Å². The van der Waals surface area contributed by atoms with E-state index in [2.05, 4.69) is 5.32 Å². The highest BCUT2D eigenvalue weighted by molar-refractivity contribution is 5.87. The first-order chi connectivity index (χ1) is 9.38. The van der Waals surface area contributed by atoms with Crippen molar-refractivity contribution < 1.29 is 14.7 Å². The van der Waals surface area contributed by atoms with Crippen molar-refractivity contribution in [3.63, 3.8) is 0 Å². The van der Waals surface area contributed by atoms with Crippen molar-refractivity contribution >= 4 is 11.9 Å². The predicted molar refractivity (Wildman–Crippen MR) is 75.1 cm³/mol. The monoisotopic (exact) mass is 280 g/mol. The molecule has 0 aliphatic rings. The Hall–Kier alpha value is -2.11. The molecule has 1 rings (SSSR count). The van der Waals surface area contributed by atoms with Gasteiger partial charge < -0.3 is 15.0 Å². The van der Waals surface area contributed by atoms with Gasteiger partial charge in [0.05, 0.1) is 0 Å². The Kier molecular flexibility index (Phi) is 5.49. The highest BCUT2D eigenvalue weighted by Gasteiger charge is 2.17. The van der Waals surface area contributed by atoms with Crippen molar-refractivity contribution in [3.05, 3.63) is 33.7 Å². The third-order valence-corrected chi connectivity index (χ3v) is 2.90. The van der Waals surface area contributed by atoms with Crippen LogP contribution in [0, 0.1) is 0 Å². The van der Waals surface area contributed by atoms with E-state index in [9.17, 15) is 14.4 Å². The molecule has 0 radical (unpaired) electrons. The molecule has 0 aliphatic heterocycles. The number of carboxylic acids is 1. The molecule has 6 heteroatoms. The summed E-state index contributed by atoms with van der Waals surface area (Å²) in [6.07, 6.45) is 0.798. The average molecular weight is 280 g/mol. The van der Waals surface area contributed by atoms with Crippen molar-refractivity contribution in [1.29, 1.82) is 0 Å². The van der Waals surface area contributed by atoms with Crippen molar-refractivity contribution in [2.45, 2.75) is 39.7 Å². The molecule has 0 atom stereocenters. The Morgan fingerprint density at radius 1 is 1.35 bits per heavy atom. The van der Waals surface area contributed by atoms with Gasteiger partial charge in [0, 0.05) is 12.2 Å². The summed E-state index contributed by atoms with van der Waals surface area (Å²) in [5.74, 6) is -1.56. The molecule has 110 valence electrons. The molecule has 0 aromatic carbocycles. The smallest absolute Gasteiger partial charge is 0.341 e. The number of carboxylic acid groups (broad SMARTS) is 1. The van der Waals surface area contributed by atoms with Gasteiger partial charge in [0.2, 0.25) is 5.91 Å². The van der Waals surface area contributed by atoms with Crippen LogP contribution in [0.25, 0.3) is 0 Å². The molecule has 1 aromatic rings. The number of hydrogen-bond donors (Lipinski definition) is 2. The summed E-state index contributed by atoms with van der Waals surface area (Å²) in [5, 5.41) is 11.7. The molecule has 0 spiro atoms. The third-order valence-electron chi connectivity index (χ3n) is 2.90. The fourth-order valence-corrected chi connectivity index (χ4v) is 1.89. The number of aromatic carboxylic acids is 1. The van der Waals surface area contributed by atoms with Crippen LogP contribution in [-0.2, 0) is 11.3 Å². The minimum atomic E-state index is -1.28. The van der Waals surface area contributed by atoms with Crippen LogP contribution in [0.3, 0.4) is 0 Å². The third kappa shape index (κ3) is 3.69. The molecule has 2 N–H and O–H groups in total. The van der Waals surface area contributed by atoms with Crippen LogP contribution in [0.2, 0.25) is 0 Å². The van der Waals surface area contributed by atoms with E-state index in [0.717, 1.165) is 6.42 Å². The fraction of sp³-hybridized carbons (Fsp3) is 0.500. The van der Waals surface area contributed by atoms with Crippen molar-refractivity contribution in [2.24, 2.45) is 0 Å². The number of nitrogens with zero attached hydrogens (tertiary/aromatic N) is 1. The number of aromatic nitrogens is 1. The number of amides is 1. The minimum Gasteiger partial charge on any atom is -0.477 e. The minimum absolute atomic E-state index is 0.0181. The highest BCUT2D eigenvalue weighted by Crippen LogP contribution is 2.13. The normalized spacial score (nSPS) is 10.6. The molecule has 1 amide bonds. The van der Waals surface area contributed by atoms with Gasteiger partial charge in [-0.25, -0.2) is 4.79 Å². The van der Waals surface area contributed by atoms with Gasteiger partial charge in [-0.15, -0.1) is 0 Å². The van der Waals surface area contributed by atoms with E-state index in [0.29, 0.717) is 12.2 Å². The number of nitrogens with one attached hydrogen (secondary N) is 1. The molecule has 1 heterocycles. The molecule has 0 saturated carbocycles. The van der Waals surface area contributed by atoms with Crippen molar-refractivity contribution in [3.8, 4) is 0 Å². The maximum atomic E-state index is 12.1. The second kappa shape index (κ2) is 6.88. The van der Waals surface area contributed by atoms with Crippen LogP contribution in [0.1, 0.15) is 49.2 Å². The van der Waals surface area contributed by atoms with Gasteiger partial charge in [-0.3, -0.25) is 9.59 Å². The van der Waals surface area contributed by atoms with Gasteiger partial charge in [0.15, 0.2) is 0 Å². The largest absolute Gasteiger partial charge is 0.477 e. The lowest BCUT2D eigenvalue weighted by atomic mass is 10.1. The number of rotatable bonds is 6. The summed E-state index contributed by atoms with van der Waals surface area (Å²) in [4.78, 5) is 34.9. The molecule has 0 fully saturated rings. The fourth-order valence-electron chi connectivity index (χ4n) is 1.89. The predicted octanol–water partition coefficient (Wildman–Crippen LogP) is 1.20. The Labute approximate surface area is 117 Å². The highest BCUT2D eigenvalue weighted by atomic mass is 16.4. The van der Waals surface area contributed by atoms with E-state index < -0.39 is 11.5 Å². The van der Waals surface area contributed by atoms with Crippen molar-refractivity contribution in [1.82, 2.24) is 9.88 Å². The SMILES string of the molecule is CCCNC(=O)Cn1c(C(C)C)ccc(C(=O)O)c1=O. The van der Waals surface area contributed by atoms with Crippen LogP contribution in [0.15, 0.2) is 16.9 Å². The van der Waals surface area contributed by atoms with Gasteiger partial charge in [-0.1, -0.05) is 20.8 Å². The lowest BCUT2D eigenvalue weighted by Crippen LogP contribution is -2.36. The van der Waals surface area contributed by atoms with E-state index in [4.69, 9.17) is 5.11 Å². The Morgan fingerprint density at radius 3 is 2.50 bits per heavy atom. The van der Waals surface area contributed by atoms with Crippen LogP contribution in [0.4, 0.5) is 0 Å². The molecule has 0 bridgehead atoms. The molecule has 6 nitrogen and oxygen atoms in total. The van der Waals surface area contributed by atoms with Gasteiger partial charge in [-0.2, -0.15) is 0 Å². The molecule has 0 aliphatic carbocycles. The maximum absolute atomic E-state index is 12.1. The first-order valence-electron chi connectivity index (χ1n) is 6.62. The van der Waals surface area contributed by atoms with Gasteiger partial charge >= 0.3 is 5.97 Å². The van der Waals surface area contributed by atoms with Gasteiger partial charge in [0.1, 0.15) is 12.1 Å². The molecule has 0 unspecified atom stereocenters. The van der Waals surface area contributed by atoms with Gasteiger partial charge in [-0.05, 0) is 24.5 Å². The second-order valence-corrected chi connectivity index (χ2v) is 4.87. The summed E-state index contributed by atoms with van der Waals surface area (Å²) < 4.78 is 1.24. The summed E-state index contributed by atoms with van der Waals surface area (Å²) in [5.41, 5.74) is -0.320. The lowest BCUT2D eigenvalue weighted by molar-refractivity contribution is -0.121. The second-order valence-electron chi connectivity index (χ2n) is 4.87. The number of pyridine rings is 1. The van der Waals surface area contributed by atoms with Crippen LogP contribution in [-0.4, -0.2) is 28.1 Å². The Morgan fingerprint density at radius 2 is 2.00 bits per heavy atom. The summed E-state index contributed by atoms with van der Waals surface area (Å²) >= 11 is 0. The van der Waals surface area contributed by atoms with E-state index >= 15 is 0 Å². The van der Waals surface area contributed by atoms with E-state index in [-0.39, 0.29) is 23.9 Å².